The van der Waals surface area contributed by atoms with E-state index in [0.717, 1.165) is 16.3 Å². The van der Waals surface area contributed by atoms with E-state index in [1.54, 1.807) is 30.2 Å². The third-order valence-electron chi connectivity index (χ3n) is 4.96. The van der Waals surface area contributed by atoms with E-state index in [0.29, 0.717) is 17.7 Å². The summed E-state index contributed by atoms with van der Waals surface area (Å²) in [6.45, 7) is 3.53. The van der Waals surface area contributed by atoms with Gasteiger partial charge in [0.05, 0.1) is 11.9 Å². The van der Waals surface area contributed by atoms with Crippen LogP contribution in [0.5, 0.6) is 0 Å². The zero-order chi connectivity index (χ0) is 20.4. The van der Waals surface area contributed by atoms with Crippen molar-refractivity contribution in [3.8, 4) is 16.9 Å². The third kappa shape index (κ3) is 3.40. The van der Waals surface area contributed by atoms with Crippen LogP contribution in [0.3, 0.4) is 0 Å². The molecule has 0 bridgehead atoms. The Morgan fingerprint density at radius 1 is 1.17 bits per heavy atom. The summed E-state index contributed by atoms with van der Waals surface area (Å²) in [7, 11) is 0. The lowest BCUT2D eigenvalue weighted by molar-refractivity contribution is -0.130. The Bertz CT molecular complexity index is 1080. The Balaban J connectivity index is 1.73. The number of nitrogens with zero attached hydrogens (tertiary/aromatic N) is 5. The molecule has 1 atom stereocenters. The number of pyridine rings is 1. The molecular weight excluding hydrogens is 368 g/mol. The molecule has 1 aliphatic heterocycles. The van der Waals surface area contributed by atoms with E-state index in [-0.39, 0.29) is 5.91 Å². The van der Waals surface area contributed by atoms with E-state index in [1.807, 2.05) is 49.4 Å². The first-order chi connectivity index (χ1) is 14.0. The maximum atomic E-state index is 12.6. The summed E-state index contributed by atoms with van der Waals surface area (Å²) < 4.78 is 1.73. The van der Waals surface area contributed by atoms with Gasteiger partial charge in [0, 0.05) is 29.7 Å². The molecule has 3 amide bonds. The van der Waals surface area contributed by atoms with Crippen LogP contribution in [-0.2, 0) is 4.79 Å². The topological polar surface area (TPSA) is 92.5 Å². The van der Waals surface area contributed by atoms with Crippen LogP contribution in [0, 0.1) is 0 Å². The molecule has 1 N–H and O–H groups in total. The smallest absolute Gasteiger partial charge is 0.322 e. The van der Waals surface area contributed by atoms with Crippen LogP contribution >= 0.6 is 0 Å². The van der Waals surface area contributed by atoms with E-state index >= 15 is 0 Å². The fourth-order valence-electron chi connectivity index (χ4n) is 3.05. The molecule has 4 rings (SSSR count). The summed E-state index contributed by atoms with van der Waals surface area (Å²) >= 11 is 0. The minimum absolute atomic E-state index is 0.375. The van der Waals surface area contributed by atoms with Crippen molar-refractivity contribution in [2.45, 2.75) is 25.8 Å². The van der Waals surface area contributed by atoms with Crippen molar-refractivity contribution in [2.24, 2.45) is 5.10 Å². The van der Waals surface area contributed by atoms with Gasteiger partial charge >= 0.3 is 6.03 Å². The number of rotatable bonds is 5. The van der Waals surface area contributed by atoms with Gasteiger partial charge in [0.1, 0.15) is 11.2 Å². The number of para-hydroxylation sites is 1. The molecule has 2 aromatic heterocycles. The standard InChI is InChI=1S/C21H20N6O2/c1-3-21(2)19(28)27(20(29)24-21)23-13-16-14-26(17-9-5-4-6-10-17)25-18(16)15-8-7-11-22-12-15/h4-14H,3H2,1-2H3,(H,24,29)/b23-13+. The monoisotopic (exact) mass is 388 g/mol. The summed E-state index contributed by atoms with van der Waals surface area (Å²) in [4.78, 5) is 28.9. The molecule has 1 unspecified atom stereocenters. The molecule has 0 radical (unpaired) electrons. The van der Waals surface area contributed by atoms with Crippen molar-refractivity contribution < 1.29 is 9.59 Å². The molecule has 3 aromatic rings. The molecule has 1 aromatic carbocycles. The maximum absolute atomic E-state index is 12.6. The first-order valence-electron chi connectivity index (χ1n) is 9.28. The molecule has 8 heteroatoms. The molecule has 1 aliphatic rings. The largest absolute Gasteiger partial charge is 0.346 e. The number of hydrogen-bond acceptors (Lipinski definition) is 5. The lowest BCUT2D eigenvalue weighted by atomic mass is 10.00. The van der Waals surface area contributed by atoms with Crippen LogP contribution in [0.15, 0.2) is 66.2 Å². The Kier molecular flexibility index (Phi) is 4.67. The number of hydrogen-bond donors (Lipinski definition) is 1. The molecule has 146 valence electrons. The van der Waals surface area contributed by atoms with Gasteiger partial charge in [-0.25, -0.2) is 9.48 Å². The van der Waals surface area contributed by atoms with E-state index < -0.39 is 11.6 Å². The van der Waals surface area contributed by atoms with E-state index in [2.05, 4.69) is 20.5 Å². The van der Waals surface area contributed by atoms with E-state index in [4.69, 9.17) is 0 Å². The van der Waals surface area contributed by atoms with E-state index in [1.165, 1.54) is 6.21 Å². The van der Waals surface area contributed by atoms with Crippen LogP contribution in [-0.4, -0.2) is 43.5 Å². The van der Waals surface area contributed by atoms with Gasteiger partial charge in [-0.1, -0.05) is 25.1 Å². The van der Waals surface area contributed by atoms with Crippen LogP contribution < -0.4 is 5.32 Å². The number of urea groups is 1. The Hall–Kier alpha value is -3.81. The number of benzene rings is 1. The van der Waals surface area contributed by atoms with Crippen molar-refractivity contribution in [1.82, 2.24) is 25.1 Å². The van der Waals surface area contributed by atoms with Gasteiger partial charge < -0.3 is 5.32 Å². The summed E-state index contributed by atoms with van der Waals surface area (Å²) in [5, 5.41) is 12.4. The highest BCUT2D eigenvalue weighted by atomic mass is 16.2. The van der Waals surface area contributed by atoms with Crippen molar-refractivity contribution in [3.63, 3.8) is 0 Å². The lowest BCUT2D eigenvalue weighted by Crippen LogP contribution is -2.42. The van der Waals surface area contributed by atoms with Crippen molar-refractivity contribution in [1.29, 1.82) is 0 Å². The normalized spacial score (nSPS) is 19.2. The number of amides is 3. The molecule has 29 heavy (non-hydrogen) atoms. The van der Waals surface area contributed by atoms with Crippen LogP contribution in [0.1, 0.15) is 25.8 Å². The summed E-state index contributed by atoms with van der Waals surface area (Å²) in [5.41, 5.74) is 2.06. The number of carbonyl (C=O) groups excluding carboxylic acids is 2. The highest BCUT2D eigenvalue weighted by Crippen LogP contribution is 2.24. The number of carbonyl (C=O) groups is 2. The predicted molar refractivity (Wildman–Crippen MR) is 108 cm³/mol. The number of aromatic nitrogens is 3. The quantitative estimate of drug-likeness (QED) is 0.537. The van der Waals surface area contributed by atoms with Crippen molar-refractivity contribution in [3.05, 3.63) is 66.6 Å². The first-order valence-corrected chi connectivity index (χ1v) is 9.28. The highest BCUT2D eigenvalue weighted by molar-refractivity contribution is 6.07. The Morgan fingerprint density at radius 3 is 2.62 bits per heavy atom. The summed E-state index contributed by atoms with van der Waals surface area (Å²) in [5.74, 6) is -0.375. The molecule has 3 heterocycles. The van der Waals surface area contributed by atoms with Crippen molar-refractivity contribution >= 4 is 18.2 Å². The number of hydrazone groups is 1. The number of nitrogens with one attached hydrogen (secondary N) is 1. The van der Waals surface area contributed by atoms with Gasteiger partial charge in [-0.2, -0.15) is 10.2 Å². The van der Waals surface area contributed by atoms with E-state index in [9.17, 15) is 9.59 Å². The second kappa shape index (κ2) is 7.31. The predicted octanol–water partition coefficient (Wildman–Crippen LogP) is 2.99. The molecule has 1 saturated heterocycles. The lowest BCUT2D eigenvalue weighted by Gasteiger charge is -2.17. The maximum Gasteiger partial charge on any atom is 0.346 e. The fraction of sp³-hybridized carbons (Fsp3) is 0.190. The molecule has 0 spiro atoms. The van der Waals surface area contributed by atoms with Gasteiger partial charge in [-0.15, -0.1) is 5.01 Å². The second-order valence-electron chi connectivity index (χ2n) is 6.93. The average molecular weight is 388 g/mol. The average Bonchev–Trinajstić information content (AvgIpc) is 3.27. The van der Waals surface area contributed by atoms with Gasteiger partial charge in [0.15, 0.2) is 0 Å². The third-order valence-corrected chi connectivity index (χ3v) is 4.96. The first kappa shape index (κ1) is 18.5. The fourth-order valence-corrected chi connectivity index (χ4v) is 3.05. The summed E-state index contributed by atoms with van der Waals surface area (Å²) in [6, 6.07) is 12.8. The van der Waals surface area contributed by atoms with Gasteiger partial charge in [0.2, 0.25) is 0 Å². The molecule has 1 fully saturated rings. The van der Waals surface area contributed by atoms with Gasteiger partial charge in [-0.3, -0.25) is 9.78 Å². The number of imide groups is 1. The van der Waals surface area contributed by atoms with Crippen LogP contribution in [0.2, 0.25) is 0 Å². The zero-order valence-corrected chi connectivity index (χ0v) is 16.1. The minimum atomic E-state index is -0.936. The molecule has 8 nitrogen and oxygen atoms in total. The van der Waals surface area contributed by atoms with Crippen LogP contribution in [0.25, 0.3) is 16.9 Å². The SMILES string of the molecule is CCC1(C)NC(=O)N(/N=C/c2cn(-c3ccccc3)nc2-c2cccnc2)C1=O. The van der Waals surface area contributed by atoms with Gasteiger partial charge in [-0.05, 0) is 37.6 Å². The van der Waals surface area contributed by atoms with Crippen LogP contribution in [0.4, 0.5) is 4.79 Å². The zero-order valence-electron chi connectivity index (χ0n) is 16.1. The minimum Gasteiger partial charge on any atom is -0.322 e. The van der Waals surface area contributed by atoms with Gasteiger partial charge in [0.25, 0.3) is 5.91 Å². The molecular formula is C21H20N6O2. The summed E-state index contributed by atoms with van der Waals surface area (Å²) in [6.07, 6.45) is 7.16. The van der Waals surface area contributed by atoms with Crippen molar-refractivity contribution in [2.75, 3.05) is 0 Å². The Labute approximate surface area is 167 Å². The second-order valence-corrected chi connectivity index (χ2v) is 6.93. The Morgan fingerprint density at radius 2 is 1.97 bits per heavy atom. The molecule has 0 aliphatic carbocycles. The highest BCUT2D eigenvalue weighted by Gasteiger charge is 2.46. The molecule has 0 saturated carbocycles.